The van der Waals surface area contributed by atoms with Gasteiger partial charge >= 0.3 is 0 Å². The number of hydrogen-bond donors (Lipinski definition) is 0. The van der Waals surface area contributed by atoms with Crippen LogP contribution in [-0.4, -0.2) is 32.6 Å². The van der Waals surface area contributed by atoms with Crippen molar-refractivity contribution in [3.63, 3.8) is 0 Å². The van der Waals surface area contributed by atoms with Gasteiger partial charge in [0.25, 0.3) is 11.6 Å². The van der Waals surface area contributed by atoms with Crippen LogP contribution >= 0.6 is 0 Å². The largest absolute Gasteiger partial charge is 0.337 e. The number of nitrogens with zero attached hydrogens (tertiary/aromatic N) is 4. The second-order valence-electron chi connectivity index (χ2n) is 6.36. The van der Waals surface area contributed by atoms with E-state index in [9.17, 15) is 14.9 Å². The van der Waals surface area contributed by atoms with Crippen molar-refractivity contribution in [3.05, 3.63) is 87.2 Å². The van der Waals surface area contributed by atoms with Gasteiger partial charge in [-0.1, -0.05) is 18.2 Å². The van der Waals surface area contributed by atoms with Gasteiger partial charge in [0.1, 0.15) is 0 Å². The zero-order valence-electron chi connectivity index (χ0n) is 15.4. The first kappa shape index (κ1) is 18.3. The van der Waals surface area contributed by atoms with Gasteiger partial charge in [0.2, 0.25) is 0 Å². The van der Waals surface area contributed by atoms with E-state index in [-0.39, 0.29) is 11.6 Å². The molecule has 3 rings (SSSR count). The Hall–Kier alpha value is -3.48. The third-order valence-electron chi connectivity index (χ3n) is 4.51. The number of hydrogen-bond acceptors (Lipinski definition) is 4. The predicted molar refractivity (Wildman–Crippen MR) is 102 cm³/mol. The number of rotatable bonds is 5. The lowest BCUT2D eigenvalue weighted by atomic mass is 10.1. The Morgan fingerprint density at radius 1 is 1.11 bits per heavy atom. The normalized spacial score (nSPS) is 10.6. The molecule has 3 aromatic rings. The molecule has 0 radical (unpaired) electrons. The fraction of sp³-hybridized carbons (Fsp3) is 0.200. The Labute approximate surface area is 157 Å². The molecule has 1 amide bonds. The Balaban J connectivity index is 1.81. The number of para-hydroxylation sites is 1. The Morgan fingerprint density at radius 2 is 1.74 bits per heavy atom. The highest BCUT2D eigenvalue weighted by Crippen LogP contribution is 2.20. The van der Waals surface area contributed by atoms with E-state index in [1.807, 2.05) is 48.9 Å². The van der Waals surface area contributed by atoms with E-state index in [0.717, 1.165) is 22.6 Å². The number of carbonyl (C=O) groups excluding carboxylic acids is 1. The molecule has 1 aromatic heterocycles. The molecule has 0 fully saturated rings. The van der Waals surface area contributed by atoms with Crippen molar-refractivity contribution in [3.8, 4) is 5.69 Å². The summed E-state index contributed by atoms with van der Waals surface area (Å²) in [5, 5.41) is 15.4. The van der Waals surface area contributed by atoms with Crippen LogP contribution in [0.4, 0.5) is 5.69 Å². The SMILES string of the molecule is Cc1nn(-c2ccccc2)c(C)c1CN(C)C(=O)c1ccc([N+](=O)[O-])cc1. The van der Waals surface area contributed by atoms with Crippen molar-refractivity contribution in [2.24, 2.45) is 0 Å². The molecule has 0 atom stereocenters. The fourth-order valence-corrected chi connectivity index (χ4v) is 2.98. The molecule has 0 aliphatic carbocycles. The summed E-state index contributed by atoms with van der Waals surface area (Å²) in [6.45, 7) is 4.30. The lowest BCUT2D eigenvalue weighted by molar-refractivity contribution is -0.384. The number of aromatic nitrogens is 2. The minimum absolute atomic E-state index is 0.0370. The lowest BCUT2D eigenvalue weighted by Gasteiger charge is -2.17. The van der Waals surface area contributed by atoms with Crippen LogP contribution in [0.2, 0.25) is 0 Å². The van der Waals surface area contributed by atoms with Gasteiger partial charge in [-0.3, -0.25) is 14.9 Å². The van der Waals surface area contributed by atoms with Gasteiger partial charge in [-0.25, -0.2) is 4.68 Å². The number of carbonyl (C=O) groups is 1. The van der Waals surface area contributed by atoms with E-state index < -0.39 is 4.92 Å². The lowest BCUT2D eigenvalue weighted by Crippen LogP contribution is -2.26. The highest BCUT2D eigenvalue weighted by molar-refractivity contribution is 5.94. The zero-order valence-corrected chi connectivity index (χ0v) is 15.4. The summed E-state index contributed by atoms with van der Waals surface area (Å²) in [4.78, 5) is 24.5. The molecule has 2 aromatic carbocycles. The van der Waals surface area contributed by atoms with E-state index in [1.165, 1.54) is 24.3 Å². The molecule has 0 unspecified atom stereocenters. The van der Waals surface area contributed by atoms with Crippen LogP contribution in [0.25, 0.3) is 5.69 Å². The number of non-ortho nitro benzene ring substituents is 1. The first-order valence-corrected chi connectivity index (χ1v) is 8.49. The van der Waals surface area contributed by atoms with Crippen molar-refractivity contribution in [2.75, 3.05) is 7.05 Å². The topological polar surface area (TPSA) is 81.3 Å². The van der Waals surface area contributed by atoms with Crippen molar-refractivity contribution in [2.45, 2.75) is 20.4 Å². The molecule has 27 heavy (non-hydrogen) atoms. The van der Waals surface area contributed by atoms with Crippen LogP contribution in [0.1, 0.15) is 27.3 Å². The van der Waals surface area contributed by atoms with Crippen LogP contribution < -0.4 is 0 Å². The summed E-state index contributed by atoms with van der Waals surface area (Å²) in [5.74, 6) is -0.198. The fourth-order valence-electron chi connectivity index (χ4n) is 2.98. The van der Waals surface area contributed by atoms with Crippen molar-refractivity contribution >= 4 is 11.6 Å². The average molecular weight is 364 g/mol. The average Bonchev–Trinajstić information content (AvgIpc) is 2.96. The van der Waals surface area contributed by atoms with Gasteiger partial charge in [0, 0.05) is 42.5 Å². The Bertz CT molecular complexity index is 978. The molecule has 0 saturated carbocycles. The summed E-state index contributed by atoms with van der Waals surface area (Å²) in [5.41, 5.74) is 4.16. The van der Waals surface area contributed by atoms with E-state index in [2.05, 4.69) is 5.10 Å². The van der Waals surface area contributed by atoms with E-state index in [0.29, 0.717) is 12.1 Å². The van der Waals surface area contributed by atoms with Gasteiger partial charge in [-0.05, 0) is 38.1 Å². The quantitative estimate of drug-likeness (QED) is 0.511. The smallest absolute Gasteiger partial charge is 0.269 e. The van der Waals surface area contributed by atoms with Crippen LogP contribution in [0.15, 0.2) is 54.6 Å². The second-order valence-corrected chi connectivity index (χ2v) is 6.36. The molecular weight excluding hydrogens is 344 g/mol. The highest BCUT2D eigenvalue weighted by Gasteiger charge is 2.19. The summed E-state index contributed by atoms with van der Waals surface area (Å²) in [6.07, 6.45) is 0. The molecule has 138 valence electrons. The van der Waals surface area contributed by atoms with Gasteiger partial charge in [0.05, 0.1) is 16.3 Å². The molecular formula is C20H20N4O3. The van der Waals surface area contributed by atoms with Crippen molar-refractivity contribution in [1.29, 1.82) is 0 Å². The molecule has 7 nitrogen and oxygen atoms in total. The monoisotopic (exact) mass is 364 g/mol. The first-order chi connectivity index (χ1) is 12.9. The third-order valence-corrected chi connectivity index (χ3v) is 4.51. The van der Waals surface area contributed by atoms with Gasteiger partial charge in [-0.15, -0.1) is 0 Å². The first-order valence-electron chi connectivity index (χ1n) is 8.49. The molecule has 7 heteroatoms. The summed E-state index contributed by atoms with van der Waals surface area (Å²) >= 11 is 0. The molecule has 0 saturated heterocycles. The maximum atomic E-state index is 12.7. The number of nitro groups is 1. The van der Waals surface area contributed by atoms with Gasteiger partial charge in [0.15, 0.2) is 0 Å². The summed E-state index contributed by atoms with van der Waals surface area (Å²) < 4.78 is 1.87. The Kier molecular flexibility index (Phi) is 5.03. The van der Waals surface area contributed by atoms with Crippen molar-refractivity contribution in [1.82, 2.24) is 14.7 Å². The van der Waals surface area contributed by atoms with E-state index in [1.54, 1.807) is 11.9 Å². The third kappa shape index (κ3) is 3.72. The molecule has 0 bridgehead atoms. The standard InChI is InChI=1S/C20H20N4O3/c1-14-19(15(2)23(21-14)17-7-5-4-6-8-17)13-22(3)20(25)16-9-11-18(12-10-16)24(26)27/h4-12H,13H2,1-3H3. The molecule has 0 aliphatic heterocycles. The number of amides is 1. The minimum atomic E-state index is -0.483. The molecule has 0 aliphatic rings. The number of nitro benzene ring substituents is 1. The van der Waals surface area contributed by atoms with Crippen LogP contribution in [0.5, 0.6) is 0 Å². The maximum absolute atomic E-state index is 12.7. The second kappa shape index (κ2) is 7.41. The van der Waals surface area contributed by atoms with Crippen molar-refractivity contribution < 1.29 is 9.72 Å². The minimum Gasteiger partial charge on any atom is -0.337 e. The zero-order chi connectivity index (χ0) is 19.6. The van der Waals surface area contributed by atoms with Gasteiger partial charge < -0.3 is 4.90 Å². The molecule has 0 N–H and O–H groups in total. The van der Waals surface area contributed by atoms with Crippen LogP contribution in [0.3, 0.4) is 0 Å². The van der Waals surface area contributed by atoms with Crippen LogP contribution in [-0.2, 0) is 6.54 Å². The number of aryl methyl sites for hydroxylation is 1. The Morgan fingerprint density at radius 3 is 2.33 bits per heavy atom. The van der Waals surface area contributed by atoms with Gasteiger partial charge in [-0.2, -0.15) is 5.10 Å². The maximum Gasteiger partial charge on any atom is 0.269 e. The predicted octanol–water partition coefficient (Wildman–Crippen LogP) is 3.67. The highest BCUT2D eigenvalue weighted by atomic mass is 16.6. The number of benzene rings is 2. The summed E-state index contributed by atoms with van der Waals surface area (Å²) in [7, 11) is 1.71. The van der Waals surface area contributed by atoms with E-state index in [4.69, 9.17) is 0 Å². The summed E-state index contributed by atoms with van der Waals surface area (Å²) in [6, 6.07) is 15.5. The molecule has 1 heterocycles. The van der Waals surface area contributed by atoms with E-state index >= 15 is 0 Å². The molecule has 0 spiro atoms. The van der Waals surface area contributed by atoms with Crippen LogP contribution in [0, 0.1) is 24.0 Å².